The zero-order chi connectivity index (χ0) is 17.7. The van der Waals surface area contributed by atoms with E-state index in [1.165, 1.54) is 16.7 Å². The van der Waals surface area contributed by atoms with Gasteiger partial charge in [-0.1, -0.05) is 24.3 Å². The Morgan fingerprint density at radius 2 is 2.12 bits per heavy atom. The molecule has 2 aliphatic rings. The molecule has 1 aromatic heterocycles. The number of nitrogens with zero attached hydrogens (tertiary/aromatic N) is 1. The number of aryl methyl sites for hydroxylation is 1. The van der Waals surface area contributed by atoms with Crippen LogP contribution in [0.5, 0.6) is 0 Å². The van der Waals surface area contributed by atoms with Gasteiger partial charge in [0.15, 0.2) is 0 Å². The Kier molecular flexibility index (Phi) is 3.71. The molecule has 0 N–H and O–H groups in total. The van der Waals surface area contributed by atoms with Crippen molar-refractivity contribution in [2.75, 3.05) is 0 Å². The van der Waals surface area contributed by atoms with E-state index in [9.17, 15) is 4.79 Å². The lowest BCUT2D eigenvalue weighted by Gasteiger charge is -2.20. The zero-order valence-electron chi connectivity index (χ0n) is 15.2. The molecule has 130 valence electrons. The Morgan fingerprint density at radius 1 is 1.28 bits per heavy atom. The van der Waals surface area contributed by atoms with Crippen LogP contribution in [0.1, 0.15) is 51.2 Å². The molecule has 1 aromatic carbocycles. The van der Waals surface area contributed by atoms with Gasteiger partial charge in [0.25, 0.3) is 0 Å². The number of hydrogen-bond donors (Lipinski definition) is 0. The molecule has 4 rings (SSSR count). The molecule has 2 aliphatic carbocycles. The molecule has 2 aromatic rings. The Labute approximate surface area is 149 Å². The lowest BCUT2D eigenvalue weighted by Crippen LogP contribution is -2.24. The van der Waals surface area contributed by atoms with Crippen LogP contribution in [0.2, 0.25) is 0 Å². The maximum absolute atomic E-state index is 12.2. The average Bonchev–Trinajstić information content (AvgIpc) is 3.11. The van der Waals surface area contributed by atoms with Gasteiger partial charge in [-0.15, -0.1) is 0 Å². The average molecular weight is 335 g/mol. The van der Waals surface area contributed by atoms with Gasteiger partial charge in [-0.25, -0.2) is 0 Å². The van der Waals surface area contributed by atoms with Crippen molar-refractivity contribution in [1.29, 1.82) is 0 Å². The number of pyridine rings is 1. The molecule has 0 saturated heterocycles. The number of aromatic nitrogens is 1. The van der Waals surface area contributed by atoms with Gasteiger partial charge in [0, 0.05) is 18.8 Å². The first-order valence-electron chi connectivity index (χ1n) is 9.13. The molecule has 1 spiro atoms. The second-order valence-corrected chi connectivity index (χ2v) is 8.46. The Balaban J connectivity index is 1.55. The van der Waals surface area contributed by atoms with Crippen molar-refractivity contribution < 1.29 is 9.53 Å². The lowest BCUT2D eigenvalue weighted by molar-refractivity contribution is -0.155. The first-order valence-corrected chi connectivity index (χ1v) is 9.13. The maximum Gasteiger partial charge on any atom is 0.306 e. The van der Waals surface area contributed by atoms with Gasteiger partial charge in [-0.3, -0.25) is 9.78 Å². The third-order valence-electron chi connectivity index (χ3n) is 5.55. The minimum Gasteiger partial charge on any atom is -0.460 e. The van der Waals surface area contributed by atoms with Gasteiger partial charge in [-0.05, 0) is 79.7 Å². The van der Waals surface area contributed by atoms with Crippen LogP contribution in [0.15, 0.2) is 42.7 Å². The van der Waals surface area contributed by atoms with Gasteiger partial charge < -0.3 is 4.74 Å². The molecule has 25 heavy (non-hydrogen) atoms. The Bertz CT molecular complexity index is 807. The van der Waals surface area contributed by atoms with E-state index in [2.05, 4.69) is 29.2 Å². The van der Waals surface area contributed by atoms with Gasteiger partial charge >= 0.3 is 5.97 Å². The molecule has 2 unspecified atom stereocenters. The minimum atomic E-state index is -0.403. The number of rotatable bonds is 3. The van der Waals surface area contributed by atoms with Crippen molar-refractivity contribution in [1.82, 2.24) is 4.98 Å². The first kappa shape index (κ1) is 16.3. The molecular weight excluding hydrogens is 310 g/mol. The van der Waals surface area contributed by atoms with Crippen molar-refractivity contribution in [2.45, 2.75) is 57.5 Å². The highest BCUT2D eigenvalue weighted by molar-refractivity contribution is 5.72. The van der Waals surface area contributed by atoms with Crippen molar-refractivity contribution in [3.63, 3.8) is 0 Å². The minimum absolute atomic E-state index is 0.0637. The maximum atomic E-state index is 12.2. The van der Waals surface area contributed by atoms with E-state index in [1.54, 1.807) is 6.20 Å². The molecule has 1 heterocycles. The highest BCUT2D eigenvalue weighted by Crippen LogP contribution is 2.63. The number of carbonyl (C=O) groups is 1. The predicted octanol–water partition coefficient (Wildman–Crippen LogP) is 4.68. The number of benzene rings is 1. The summed E-state index contributed by atoms with van der Waals surface area (Å²) in [7, 11) is 0. The summed E-state index contributed by atoms with van der Waals surface area (Å²) in [6.07, 6.45) is 7.63. The summed E-state index contributed by atoms with van der Waals surface area (Å²) in [6, 6.07) is 10.9. The van der Waals surface area contributed by atoms with Crippen LogP contribution in [-0.4, -0.2) is 16.6 Å². The molecule has 0 amide bonds. The quantitative estimate of drug-likeness (QED) is 0.764. The van der Waals surface area contributed by atoms with Gasteiger partial charge in [0.1, 0.15) is 5.60 Å². The molecule has 1 fully saturated rings. The standard InChI is InChI=1S/C22H25NO2/c1-21(2,3)25-20(24)12-18-13-22(18)9-8-15-6-7-16(11-19(15)22)17-5-4-10-23-14-17/h4-7,10-11,14,18H,8-9,12-13H2,1-3H3. The van der Waals surface area contributed by atoms with Crippen LogP contribution in [0.25, 0.3) is 11.1 Å². The zero-order valence-corrected chi connectivity index (χ0v) is 15.2. The monoisotopic (exact) mass is 335 g/mol. The number of carbonyl (C=O) groups excluding carboxylic acids is 1. The third kappa shape index (κ3) is 3.08. The third-order valence-corrected chi connectivity index (χ3v) is 5.55. The summed E-state index contributed by atoms with van der Waals surface area (Å²) in [6.45, 7) is 5.79. The summed E-state index contributed by atoms with van der Waals surface area (Å²) in [5.41, 5.74) is 5.06. The molecule has 0 bridgehead atoms. The fourth-order valence-corrected chi connectivity index (χ4v) is 4.33. The van der Waals surface area contributed by atoms with E-state index < -0.39 is 5.60 Å². The van der Waals surface area contributed by atoms with Gasteiger partial charge in [-0.2, -0.15) is 0 Å². The second-order valence-electron chi connectivity index (χ2n) is 8.46. The number of fused-ring (bicyclic) bond motifs is 2. The number of esters is 1. The van der Waals surface area contributed by atoms with Crippen molar-refractivity contribution >= 4 is 5.97 Å². The molecular formula is C22H25NO2. The van der Waals surface area contributed by atoms with E-state index in [4.69, 9.17) is 4.74 Å². The normalized spacial score (nSPS) is 24.2. The van der Waals surface area contributed by atoms with E-state index >= 15 is 0 Å². The summed E-state index contributed by atoms with van der Waals surface area (Å²) in [5, 5.41) is 0. The van der Waals surface area contributed by atoms with E-state index in [-0.39, 0.29) is 11.4 Å². The van der Waals surface area contributed by atoms with Crippen LogP contribution in [0.4, 0.5) is 0 Å². The Hall–Kier alpha value is -2.16. The largest absolute Gasteiger partial charge is 0.460 e. The van der Waals surface area contributed by atoms with Crippen LogP contribution >= 0.6 is 0 Å². The molecule has 3 heteroatoms. The molecule has 0 aliphatic heterocycles. The molecule has 3 nitrogen and oxygen atoms in total. The van der Waals surface area contributed by atoms with E-state index in [0.717, 1.165) is 24.8 Å². The summed E-state index contributed by atoms with van der Waals surface area (Å²) < 4.78 is 5.53. The van der Waals surface area contributed by atoms with E-state index in [0.29, 0.717) is 12.3 Å². The smallest absolute Gasteiger partial charge is 0.306 e. The van der Waals surface area contributed by atoms with Gasteiger partial charge in [0.2, 0.25) is 0 Å². The van der Waals surface area contributed by atoms with E-state index in [1.807, 2.05) is 33.0 Å². The van der Waals surface area contributed by atoms with Crippen LogP contribution in [0, 0.1) is 5.92 Å². The fourth-order valence-electron chi connectivity index (χ4n) is 4.33. The number of ether oxygens (including phenoxy) is 1. The van der Waals surface area contributed by atoms with Crippen LogP contribution in [-0.2, 0) is 21.4 Å². The van der Waals surface area contributed by atoms with Crippen molar-refractivity contribution in [2.24, 2.45) is 5.92 Å². The molecule has 2 atom stereocenters. The van der Waals surface area contributed by atoms with Crippen LogP contribution < -0.4 is 0 Å². The molecule has 1 saturated carbocycles. The lowest BCUT2D eigenvalue weighted by atomic mass is 9.92. The van der Waals surface area contributed by atoms with Crippen molar-refractivity contribution in [3.05, 3.63) is 53.9 Å². The second kappa shape index (κ2) is 5.69. The highest BCUT2D eigenvalue weighted by Gasteiger charge is 2.58. The highest BCUT2D eigenvalue weighted by atomic mass is 16.6. The van der Waals surface area contributed by atoms with Crippen LogP contribution in [0.3, 0.4) is 0 Å². The Morgan fingerprint density at radius 3 is 2.84 bits per heavy atom. The molecule has 0 radical (unpaired) electrons. The SMILES string of the molecule is CC(C)(C)OC(=O)CC1CC12CCc1ccc(-c3cccnc3)cc12. The van der Waals surface area contributed by atoms with Crippen molar-refractivity contribution in [3.8, 4) is 11.1 Å². The fraction of sp³-hybridized carbons (Fsp3) is 0.455. The number of hydrogen-bond acceptors (Lipinski definition) is 3. The summed E-state index contributed by atoms with van der Waals surface area (Å²) in [4.78, 5) is 16.5. The summed E-state index contributed by atoms with van der Waals surface area (Å²) in [5.74, 6) is 0.360. The van der Waals surface area contributed by atoms with Gasteiger partial charge in [0.05, 0.1) is 0 Å². The summed E-state index contributed by atoms with van der Waals surface area (Å²) >= 11 is 0. The predicted molar refractivity (Wildman–Crippen MR) is 98.2 cm³/mol. The topological polar surface area (TPSA) is 39.2 Å². The first-order chi connectivity index (χ1) is 11.9.